The average molecular weight is 426 g/mol. The number of carbonyl (C=O) groups excluding carboxylic acids is 1. The molecule has 21 heavy (non-hydrogen) atoms. The van der Waals surface area contributed by atoms with E-state index in [2.05, 4.69) is 6.92 Å². The van der Waals surface area contributed by atoms with Crippen LogP contribution in [0.15, 0.2) is 0 Å². The number of hydrogen-bond acceptors (Lipinski definition) is 3. The minimum atomic E-state index is -1.14. The van der Waals surface area contributed by atoms with Gasteiger partial charge in [0.15, 0.2) is 0 Å². The van der Waals surface area contributed by atoms with Gasteiger partial charge in [-0.3, -0.25) is 9.59 Å². The molecule has 0 fully saturated rings. The van der Waals surface area contributed by atoms with Crippen molar-refractivity contribution in [1.82, 2.24) is 0 Å². The van der Waals surface area contributed by atoms with E-state index in [4.69, 9.17) is 9.84 Å². The van der Waals surface area contributed by atoms with Crippen LogP contribution in [0.2, 0.25) is 0 Å². The van der Waals surface area contributed by atoms with E-state index in [-0.39, 0.29) is 51.7 Å². The van der Waals surface area contributed by atoms with E-state index in [9.17, 15) is 9.59 Å². The predicted octanol–water partition coefficient (Wildman–Crippen LogP) is 4.16. The Kier molecular flexibility index (Phi) is 16.0. The fraction of sp³-hybridized carbons (Fsp3) is 0.875. The Hall–Kier alpha value is 0.511. The number of rotatable bonds is 12. The molecular formula is C16H32BaO4. The summed E-state index contributed by atoms with van der Waals surface area (Å²) in [5, 5.41) is 8.51. The molecule has 0 bridgehead atoms. The van der Waals surface area contributed by atoms with Crippen molar-refractivity contribution in [2.45, 2.75) is 90.6 Å². The van der Waals surface area contributed by atoms with Crippen molar-refractivity contribution in [3.05, 3.63) is 0 Å². The summed E-state index contributed by atoms with van der Waals surface area (Å²) in [6, 6.07) is 0. The number of hydrogen-bond donors (Lipinski definition) is 1. The van der Waals surface area contributed by atoms with E-state index in [1.807, 2.05) is 13.8 Å². The van der Waals surface area contributed by atoms with Crippen molar-refractivity contribution in [2.75, 3.05) is 0 Å². The van der Waals surface area contributed by atoms with Gasteiger partial charge in [0.1, 0.15) is 12.0 Å². The van der Waals surface area contributed by atoms with E-state index in [1.54, 1.807) is 0 Å². The average Bonchev–Trinajstić information content (AvgIpc) is 2.30. The molecule has 0 heterocycles. The summed E-state index contributed by atoms with van der Waals surface area (Å²) in [7, 11) is 0. The van der Waals surface area contributed by atoms with Gasteiger partial charge in [-0.25, -0.2) is 0 Å². The van der Waals surface area contributed by atoms with Gasteiger partial charge in [-0.05, 0) is 26.7 Å². The zero-order chi connectivity index (χ0) is 15.4. The smallest absolute Gasteiger partial charge is 1.00 e. The van der Waals surface area contributed by atoms with Crippen LogP contribution in [0.4, 0.5) is 0 Å². The number of aliphatic carboxylic acids is 1. The van der Waals surface area contributed by atoms with Crippen LogP contribution < -0.4 is 0 Å². The number of carboxylic acid groups (broad SMARTS) is 1. The van der Waals surface area contributed by atoms with Crippen LogP contribution in [0, 0.1) is 0 Å². The molecule has 0 aromatic heterocycles. The molecule has 0 atom stereocenters. The van der Waals surface area contributed by atoms with Gasteiger partial charge in [0.25, 0.3) is 0 Å². The van der Waals surface area contributed by atoms with Gasteiger partial charge in [0.2, 0.25) is 0 Å². The second-order valence-electron chi connectivity index (χ2n) is 6.03. The fourth-order valence-corrected chi connectivity index (χ4v) is 2.20. The molecule has 1 N–H and O–H groups in total. The standard InChI is InChI=1S/C16H30O4.Ba.2H/c1-4-5-6-7-8-9-10-11-12-16(2,3)20-15(19)13-14(17)18;;;/h4-13H2,1-3H3,(H,17,18);;;/q;+2;2*-1. The van der Waals surface area contributed by atoms with Crippen molar-refractivity contribution in [3.63, 3.8) is 0 Å². The van der Waals surface area contributed by atoms with Gasteiger partial charge in [-0.15, -0.1) is 0 Å². The first-order chi connectivity index (χ1) is 9.37. The van der Waals surface area contributed by atoms with E-state index in [1.165, 1.54) is 38.5 Å². The maximum atomic E-state index is 11.3. The van der Waals surface area contributed by atoms with E-state index in [0.717, 1.165) is 19.3 Å². The molecule has 122 valence electrons. The topological polar surface area (TPSA) is 63.6 Å². The van der Waals surface area contributed by atoms with Crippen molar-refractivity contribution in [3.8, 4) is 0 Å². The van der Waals surface area contributed by atoms with Gasteiger partial charge in [0.05, 0.1) is 0 Å². The molecule has 0 aromatic carbocycles. The quantitative estimate of drug-likeness (QED) is 0.221. The Bertz CT molecular complexity index is 300. The van der Waals surface area contributed by atoms with Gasteiger partial charge in [-0.2, -0.15) is 0 Å². The molecule has 4 nitrogen and oxygen atoms in total. The Labute approximate surface area is 172 Å². The summed E-state index contributed by atoms with van der Waals surface area (Å²) >= 11 is 0. The fourth-order valence-electron chi connectivity index (χ4n) is 2.20. The summed E-state index contributed by atoms with van der Waals surface area (Å²) in [4.78, 5) is 21.7. The van der Waals surface area contributed by atoms with Crippen LogP contribution in [0.25, 0.3) is 0 Å². The molecule has 0 saturated carbocycles. The SMILES string of the molecule is CCCCCCCCCCC(C)(C)OC(=O)CC(=O)O.[Ba+2].[H-].[H-]. The molecular weight excluding hydrogens is 394 g/mol. The first-order valence-electron chi connectivity index (χ1n) is 7.81. The molecule has 0 aliphatic carbocycles. The van der Waals surface area contributed by atoms with Crippen LogP contribution in [-0.4, -0.2) is 71.5 Å². The first kappa shape index (κ1) is 23.8. The molecule has 0 rings (SSSR count). The van der Waals surface area contributed by atoms with Crippen molar-refractivity contribution < 1.29 is 22.3 Å². The van der Waals surface area contributed by atoms with Gasteiger partial charge >= 0.3 is 60.8 Å². The second kappa shape index (κ2) is 14.1. The summed E-state index contributed by atoms with van der Waals surface area (Å²) in [6.45, 7) is 5.90. The summed E-state index contributed by atoms with van der Waals surface area (Å²) in [6.07, 6.45) is 10.1. The van der Waals surface area contributed by atoms with Gasteiger partial charge in [-0.1, -0.05) is 51.9 Å². The monoisotopic (exact) mass is 426 g/mol. The molecule has 0 saturated heterocycles. The van der Waals surface area contributed by atoms with Crippen LogP contribution in [0.3, 0.4) is 0 Å². The van der Waals surface area contributed by atoms with Crippen molar-refractivity contribution in [1.29, 1.82) is 0 Å². The number of ether oxygens (including phenoxy) is 1. The van der Waals surface area contributed by atoms with Gasteiger partial charge in [0, 0.05) is 0 Å². The van der Waals surface area contributed by atoms with Crippen molar-refractivity contribution in [2.24, 2.45) is 0 Å². The van der Waals surface area contributed by atoms with E-state index < -0.39 is 24.0 Å². The van der Waals surface area contributed by atoms with Gasteiger partial charge < -0.3 is 12.7 Å². The van der Waals surface area contributed by atoms with Crippen LogP contribution in [0.5, 0.6) is 0 Å². The predicted molar refractivity (Wildman–Crippen MR) is 87.6 cm³/mol. The van der Waals surface area contributed by atoms with E-state index in [0.29, 0.717) is 0 Å². The Morgan fingerprint density at radius 2 is 1.48 bits per heavy atom. The molecule has 0 aliphatic rings. The molecule has 5 heteroatoms. The zero-order valence-electron chi connectivity index (χ0n) is 16.0. The zero-order valence-corrected chi connectivity index (χ0v) is 18.4. The molecule has 0 radical (unpaired) electrons. The second-order valence-corrected chi connectivity index (χ2v) is 6.03. The van der Waals surface area contributed by atoms with Crippen molar-refractivity contribution >= 4 is 60.8 Å². The van der Waals surface area contributed by atoms with Crippen LogP contribution in [-0.2, 0) is 14.3 Å². The first-order valence-corrected chi connectivity index (χ1v) is 7.81. The third kappa shape index (κ3) is 16.7. The summed E-state index contributed by atoms with van der Waals surface area (Å²) in [5.41, 5.74) is -0.561. The minimum Gasteiger partial charge on any atom is -1.00 e. The molecule has 0 amide bonds. The number of carbonyl (C=O) groups is 2. The largest absolute Gasteiger partial charge is 2.00 e. The number of unbranched alkanes of at least 4 members (excludes halogenated alkanes) is 7. The Morgan fingerprint density at radius 3 is 1.95 bits per heavy atom. The summed E-state index contributed by atoms with van der Waals surface area (Å²) in [5.74, 6) is -1.79. The maximum Gasteiger partial charge on any atom is 2.00 e. The molecule has 0 spiro atoms. The maximum absolute atomic E-state index is 11.3. The third-order valence-corrected chi connectivity index (χ3v) is 3.32. The minimum absolute atomic E-state index is 0. The van der Waals surface area contributed by atoms with Crippen LogP contribution >= 0.6 is 0 Å². The number of carboxylic acids is 1. The van der Waals surface area contributed by atoms with E-state index >= 15 is 0 Å². The molecule has 0 unspecified atom stereocenters. The Balaban J connectivity index is -0.000000602. The Morgan fingerprint density at radius 1 is 1.00 bits per heavy atom. The van der Waals surface area contributed by atoms with Crippen LogP contribution in [0.1, 0.15) is 87.8 Å². The molecule has 0 aromatic rings. The number of esters is 1. The third-order valence-electron chi connectivity index (χ3n) is 3.32. The summed E-state index contributed by atoms with van der Waals surface area (Å²) < 4.78 is 5.19. The normalized spacial score (nSPS) is 10.8. The molecule has 0 aliphatic heterocycles.